The molecule has 7 heteroatoms. The lowest BCUT2D eigenvalue weighted by molar-refractivity contribution is 0.0828. The third-order valence-corrected chi connectivity index (χ3v) is 5.67. The minimum Gasteiger partial charge on any atom is -0.495 e. The summed E-state index contributed by atoms with van der Waals surface area (Å²) in [5.74, 6) is 0.948. The molecule has 0 bridgehead atoms. The molecule has 0 aliphatic carbocycles. The van der Waals surface area contributed by atoms with Gasteiger partial charge in [-0.3, -0.25) is 4.79 Å². The van der Waals surface area contributed by atoms with Crippen molar-refractivity contribution in [2.75, 3.05) is 69.0 Å². The van der Waals surface area contributed by atoms with Crippen molar-refractivity contribution in [2.24, 2.45) is 0 Å². The van der Waals surface area contributed by atoms with Crippen LogP contribution in [0.4, 0.5) is 17.1 Å². The van der Waals surface area contributed by atoms with Crippen LogP contribution in [-0.2, 0) is 0 Å². The third kappa shape index (κ3) is 5.37. The van der Waals surface area contributed by atoms with Crippen LogP contribution >= 0.6 is 12.4 Å². The third-order valence-electron chi connectivity index (χ3n) is 5.67. The first-order valence-electron chi connectivity index (χ1n) is 10.7. The Hall–Kier alpha value is -2.60. The Morgan fingerprint density at radius 3 is 2.23 bits per heavy atom. The van der Waals surface area contributed by atoms with Gasteiger partial charge in [-0.1, -0.05) is 19.1 Å². The molecule has 0 spiro atoms. The zero-order valence-electron chi connectivity index (χ0n) is 19.3. The minimum atomic E-state index is 0. The zero-order valence-corrected chi connectivity index (χ0v) is 20.1. The van der Waals surface area contributed by atoms with Gasteiger partial charge in [0.05, 0.1) is 24.0 Å². The fourth-order valence-corrected chi connectivity index (χ4v) is 4.02. The number of hydrogen-bond acceptors (Lipinski definition) is 5. The summed E-state index contributed by atoms with van der Waals surface area (Å²) in [4.78, 5) is 19.1. The molecular formula is C24H35ClN4O2. The zero-order chi connectivity index (χ0) is 21.7. The predicted molar refractivity (Wildman–Crippen MR) is 133 cm³/mol. The molecule has 0 atom stereocenters. The van der Waals surface area contributed by atoms with Gasteiger partial charge in [-0.15, -0.1) is 12.4 Å². The highest BCUT2D eigenvalue weighted by Crippen LogP contribution is 2.33. The van der Waals surface area contributed by atoms with Gasteiger partial charge in [-0.2, -0.15) is 0 Å². The van der Waals surface area contributed by atoms with Gasteiger partial charge in [0.1, 0.15) is 5.75 Å². The molecule has 1 heterocycles. The lowest BCUT2D eigenvalue weighted by atomic mass is 10.0. The van der Waals surface area contributed by atoms with E-state index in [9.17, 15) is 4.79 Å². The van der Waals surface area contributed by atoms with Crippen molar-refractivity contribution >= 4 is 35.4 Å². The smallest absolute Gasteiger partial charge is 0.255 e. The van der Waals surface area contributed by atoms with Crippen LogP contribution in [0.15, 0.2) is 36.4 Å². The number of para-hydroxylation sites is 2. The summed E-state index contributed by atoms with van der Waals surface area (Å²) in [7, 11) is 5.32. The second kappa shape index (κ2) is 11.1. The molecule has 1 aliphatic rings. The Morgan fingerprint density at radius 2 is 1.65 bits per heavy atom. The van der Waals surface area contributed by atoms with E-state index in [0.717, 1.165) is 67.4 Å². The normalized spacial score (nSPS) is 13.5. The Kier molecular flexibility index (Phi) is 8.87. The fourth-order valence-electron chi connectivity index (χ4n) is 4.02. The van der Waals surface area contributed by atoms with Crippen molar-refractivity contribution in [3.05, 3.63) is 47.5 Å². The minimum absolute atomic E-state index is 0. The van der Waals surface area contributed by atoms with Crippen molar-refractivity contribution in [1.82, 2.24) is 4.90 Å². The molecule has 0 radical (unpaired) electrons. The van der Waals surface area contributed by atoms with E-state index < -0.39 is 0 Å². The molecular weight excluding hydrogens is 412 g/mol. The molecule has 2 aromatic rings. The van der Waals surface area contributed by atoms with Crippen molar-refractivity contribution < 1.29 is 9.53 Å². The van der Waals surface area contributed by atoms with Gasteiger partial charge in [0, 0.05) is 52.5 Å². The van der Waals surface area contributed by atoms with E-state index in [1.807, 2.05) is 18.2 Å². The van der Waals surface area contributed by atoms with E-state index in [-0.39, 0.29) is 18.3 Å². The maximum atomic E-state index is 12.7. The highest BCUT2D eigenvalue weighted by molar-refractivity contribution is 6.01. The number of halogens is 1. The second-order valence-electron chi connectivity index (χ2n) is 7.90. The number of anilines is 3. The van der Waals surface area contributed by atoms with E-state index >= 15 is 0 Å². The van der Waals surface area contributed by atoms with Crippen LogP contribution in [-0.4, -0.2) is 64.7 Å². The van der Waals surface area contributed by atoms with Gasteiger partial charge < -0.3 is 24.8 Å². The molecule has 1 amide bonds. The number of ether oxygens (including phenoxy) is 1. The maximum absolute atomic E-state index is 12.7. The highest BCUT2D eigenvalue weighted by atomic mass is 35.5. The average molecular weight is 447 g/mol. The van der Waals surface area contributed by atoms with E-state index in [0.29, 0.717) is 0 Å². The number of amides is 1. The van der Waals surface area contributed by atoms with Gasteiger partial charge in [0.25, 0.3) is 5.91 Å². The van der Waals surface area contributed by atoms with Crippen molar-refractivity contribution in [3.63, 3.8) is 0 Å². The van der Waals surface area contributed by atoms with Crippen LogP contribution in [0.25, 0.3) is 0 Å². The molecule has 1 N–H and O–H groups in total. The molecule has 1 fully saturated rings. The Labute approximate surface area is 192 Å². The molecule has 1 saturated heterocycles. The number of nitrogens with zero attached hydrogens (tertiary/aromatic N) is 3. The largest absolute Gasteiger partial charge is 0.495 e. The second-order valence-corrected chi connectivity index (χ2v) is 7.90. The van der Waals surface area contributed by atoms with Crippen LogP contribution in [0.1, 0.15) is 29.3 Å². The molecule has 170 valence electrons. The van der Waals surface area contributed by atoms with Gasteiger partial charge in [-0.05, 0) is 43.2 Å². The fraction of sp³-hybridized carbons (Fsp3) is 0.458. The van der Waals surface area contributed by atoms with Crippen molar-refractivity contribution in [3.8, 4) is 5.75 Å². The summed E-state index contributed by atoms with van der Waals surface area (Å²) in [6, 6.07) is 12.3. The number of benzene rings is 2. The van der Waals surface area contributed by atoms with Gasteiger partial charge in [0.2, 0.25) is 0 Å². The molecule has 6 nitrogen and oxygen atoms in total. The number of rotatable bonds is 7. The van der Waals surface area contributed by atoms with Gasteiger partial charge in [-0.25, -0.2) is 0 Å². The molecule has 3 rings (SSSR count). The van der Waals surface area contributed by atoms with E-state index in [1.165, 1.54) is 5.69 Å². The topological polar surface area (TPSA) is 48.1 Å². The van der Waals surface area contributed by atoms with Crippen LogP contribution < -0.4 is 19.9 Å². The van der Waals surface area contributed by atoms with Crippen LogP contribution in [0.5, 0.6) is 5.75 Å². The number of carbonyl (C=O) groups is 1. The molecule has 0 saturated carbocycles. The summed E-state index contributed by atoms with van der Waals surface area (Å²) in [5, 5.41) is 3.50. The van der Waals surface area contributed by atoms with E-state index in [2.05, 4.69) is 47.2 Å². The average Bonchev–Trinajstić information content (AvgIpc) is 2.77. The number of nitrogens with one attached hydrogen (secondary N) is 1. The number of methoxy groups -OCH3 is 1. The Bertz CT molecular complexity index is 880. The quantitative estimate of drug-likeness (QED) is 0.688. The Morgan fingerprint density at radius 1 is 1.03 bits per heavy atom. The van der Waals surface area contributed by atoms with Crippen molar-refractivity contribution in [1.29, 1.82) is 0 Å². The summed E-state index contributed by atoms with van der Waals surface area (Å²) in [5.41, 5.74) is 5.18. The number of piperazine rings is 1. The highest BCUT2D eigenvalue weighted by Gasteiger charge is 2.23. The number of carbonyl (C=O) groups excluding carboxylic acids is 1. The summed E-state index contributed by atoms with van der Waals surface area (Å²) < 4.78 is 5.54. The molecule has 2 aromatic carbocycles. The van der Waals surface area contributed by atoms with Crippen LogP contribution in [0, 0.1) is 6.92 Å². The summed E-state index contributed by atoms with van der Waals surface area (Å²) >= 11 is 0. The molecule has 1 aliphatic heterocycles. The first kappa shape index (κ1) is 24.7. The maximum Gasteiger partial charge on any atom is 0.255 e. The van der Waals surface area contributed by atoms with Crippen LogP contribution in [0.3, 0.4) is 0 Å². The predicted octanol–water partition coefficient (Wildman–Crippen LogP) is 4.28. The monoisotopic (exact) mass is 446 g/mol. The first-order chi connectivity index (χ1) is 14.5. The van der Waals surface area contributed by atoms with E-state index in [1.54, 1.807) is 26.1 Å². The molecule has 0 unspecified atom stereocenters. The lowest BCUT2D eigenvalue weighted by Crippen LogP contribution is -2.47. The molecule has 0 aromatic heterocycles. The summed E-state index contributed by atoms with van der Waals surface area (Å²) in [6.45, 7) is 8.80. The first-order valence-corrected chi connectivity index (χ1v) is 10.7. The van der Waals surface area contributed by atoms with E-state index in [4.69, 9.17) is 4.74 Å². The standard InChI is InChI=1S/C24H34N4O2.ClH/c1-6-13-25-23-18(2)20(12-11-19(23)24(29)26(3)4)27-14-16-28(17-15-27)21-9-7-8-10-22(21)30-5;/h7-12,25H,6,13-17H2,1-5H3;1H. The van der Waals surface area contributed by atoms with Crippen molar-refractivity contribution in [2.45, 2.75) is 20.3 Å². The number of hydrogen-bond donors (Lipinski definition) is 1. The molecule has 31 heavy (non-hydrogen) atoms. The van der Waals surface area contributed by atoms with Gasteiger partial charge >= 0.3 is 0 Å². The lowest BCUT2D eigenvalue weighted by Gasteiger charge is -2.38. The summed E-state index contributed by atoms with van der Waals surface area (Å²) in [6.07, 6.45) is 1.01. The Balaban J connectivity index is 0.00000341. The SMILES string of the molecule is CCCNc1c(C(=O)N(C)C)ccc(N2CCN(c3ccccc3OC)CC2)c1C.Cl. The van der Waals surface area contributed by atoms with Gasteiger partial charge in [0.15, 0.2) is 0 Å². The van der Waals surface area contributed by atoms with Crippen LogP contribution in [0.2, 0.25) is 0 Å².